The van der Waals surface area contributed by atoms with E-state index in [2.05, 4.69) is 34.5 Å². The number of hydrogen-bond acceptors (Lipinski definition) is 5. The molecular formula is C30H28N4O2S. The first-order valence-electron chi connectivity index (χ1n) is 12.8. The van der Waals surface area contributed by atoms with Gasteiger partial charge >= 0.3 is 0 Å². The highest BCUT2D eigenvalue weighted by Crippen LogP contribution is 2.28. The topological polar surface area (TPSA) is 67.3 Å². The summed E-state index contributed by atoms with van der Waals surface area (Å²) in [6.45, 7) is 1.72. The molecule has 1 aliphatic heterocycles. The summed E-state index contributed by atoms with van der Waals surface area (Å²) in [5, 5.41) is 3.44. The largest absolute Gasteiger partial charge is 0.432 e. The lowest BCUT2D eigenvalue weighted by molar-refractivity contribution is 0.102. The predicted molar refractivity (Wildman–Crippen MR) is 149 cm³/mol. The van der Waals surface area contributed by atoms with E-state index in [-0.39, 0.29) is 5.91 Å². The summed E-state index contributed by atoms with van der Waals surface area (Å²) in [6.07, 6.45) is 5.34. The number of amides is 1. The van der Waals surface area contributed by atoms with E-state index >= 15 is 0 Å². The Bertz CT molecular complexity index is 1460. The fourth-order valence-electron chi connectivity index (χ4n) is 5.16. The lowest BCUT2D eigenvalue weighted by Crippen LogP contribution is -2.31. The number of hydrogen-bond donors (Lipinski definition) is 1. The highest BCUT2D eigenvalue weighted by Gasteiger charge is 2.26. The van der Waals surface area contributed by atoms with E-state index in [4.69, 9.17) is 26.9 Å². The highest BCUT2D eigenvalue weighted by molar-refractivity contribution is 7.80. The van der Waals surface area contributed by atoms with Gasteiger partial charge in [-0.2, -0.15) is 0 Å². The maximum absolute atomic E-state index is 12.9. The molecule has 0 unspecified atom stereocenters. The Labute approximate surface area is 221 Å². The van der Waals surface area contributed by atoms with Crippen LogP contribution in [-0.4, -0.2) is 39.0 Å². The number of thiocarbonyl (C=S) groups is 1. The number of anilines is 1. The molecule has 3 aromatic carbocycles. The SMILES string of the molecule is O=C(Nc1ccc2nc3c(nc2c1)CCCC3)c1ccc(OC(=S)N2CC[C@@H](c3ccccc3)C2)cc1. The van der Waals surface area contributed by atoms with Gasteiger partial charge in [0.15, 0.2) is 0 Å². The Hall–Kier alpha value is -3.84. The molecule has 37 heavy (non-hydrogen) atoms. The van der Waals surface area contributed by atoms with Crippen LogP contribution in [0, 0.1) is 0 Å². The van der Waals surface area contributed by atoms with Crippen LogP contribution in [0.5, 0.6) is 5.75 Å². The van der Waals surface area contributed by atoms with E-state index in [1.165, 1.54) is 12.0 Å². The fourth-order valence-corrected chi connectivity index (χ4v) is 5.42. The summed E-state index contributed by atoms with van der Waals surface area (Å²) in [6, 6.07) is 23.3. The van der Waals surface area contributed by atoms with Gasteiger partial charge in [-0.1, -0.05) is 30.3 Å². The van der Waals surface area contributed by atoms with E-state index in [9.17, 15) is 4.79 Å². The minimum atomic E-state index is -0.190. The summed E-state index contributed by atoms with van der Waals surface area (Å²) < 4.78 is 5.94. The number of carbonyl (C=O) groups excluding carboxylic acids is 1. The van der Waals surface area contributed by atoms with Crippen molar-refractivity contribution in [1.29, 1.82) is 0 Å². The number of ether oxygens (including phenoxy) is 1. The molecule has 0 radical (unpaired) electrons. The first kappa shape index (κ1) is 23.6. The zero-order valence-corrected chi connectivity index (χ0v) is 21.3. The van der Waals surface area contributed by atoms with Crippen molar-refractivity contribution in [3.8, 4) is 5.75 Å². The molecule has 0 bridgehead atoms. The Kier molecular flexibility index (Phi) is 6.53. The maximum Gasteiger partial charge on any atom is 0.264 e. The molecule has 0 saturated carbocycles. The molecule has 1 N–H and O–H groups in total. The molecule has 1 saturated heterocycles. The van der Waals surface area contributed by atoms with Crippen molar-refractivity contribution in [2.75, 3.05) is 18.4 Å². The second kappa shape index (κ2) is 10.3. The summed E-state index contributed by atoms with van der Waals surface area (Å²) in [7, 11) is 0. The summed E-state index contributed by atoms with van der Waals surface area (Å²) >= 11 is 5.56. The van der Waals surface area contributed by atoms with Crippen LogP contribution >= 0.6 is 12.2 Å². The van der Waals surface area contributed by atoms with E-state index < -0.39 is 0 Å². The third-order valence-electron chi connectivity index (χ3n) is 7.19. The van der Waals surface area contributed by atoms with Crippen molar-refractivity contribution >= 4 is 40.0 Å². The summed E-state index contributed by atoms with van der Waals surface area (Å²) in [4.78, 5) is 24.6. The molecule has 1 aliphatic carbocycles. The van der Waals surface area contributed by atoms with Crippen molar-refractivity contribution < 1.29 is 9.53 Å². The van der Waals surface area contributed by atoms with Gasteiger partial charge < -0.3 is 15.0 Å². The first-order valence-corrected chi connectivity index (χ1v) is 13.3. The number of rotatable bonds is 4. The lowest BCUT2D eigenvalue weighted by Gasteiger charge is -2.19. The average molecular weight is 509 g/mol. The summed E-state index contributed by atoms with van der Waals surface area (Å²) in [5.41, 5.74) is 6.45. The van der Waals surface area contributed by atoms with Gasteiger partial charge in [-0.05, 0) is 92.4 Å². The molecule has 7 heteroatoms. The molecule has 1 amide bonds. The van der Waals surface area contributed by atoms with Gasteiger partial charge in [0.1, 0.15) is 5.75 Å². The van der Waals surface area contributed by atoms with Gasteiger partial charge in [-0.25, -0.2) is 9.97 Å². The third kappa shape index (κ3) is 5.18. The zero-order chi connectivity index (χ0) is 25.2. The standard InChI is InChI=1S/C30H28N4O2S/c35-29(31-23-12-15-27-28(18-23)33-26-9-5-4-8-25(26)32-27)21-10-13-24(14-11-21)36-30(37)34-17-16-22(19-34)20-6-2-1-3-7-20/h1-3,6-7,10-15,18,22H,4-5,8-9,16-17,19H2,(H,31,35)/t22-/m1/s1. The molecule has 2 aliphatic rings. The van der Waals surface area contributed by atoms with Gasteiger partial charge in [0.25, 0.3) is 11.1 Å². The summed E-state index contributed by atoms with van der Waals surface area (Å²) in [5.74, 6) is 0.889. The van der Waals surface area contributed by atoms with Crippen LogP contribution in [0.2, 0.25) is 0 Å². The minimum Gasteiger partial charge on any atom is -0.432 e. The van der Waals surface area contributed by atoms with Crippen molar-refractivity contribution in [2.45, 2.75) is 38.0 Å². The number of carbonyl (C=O) groups is 1. The van der Waals surface area contributed by atoms with Gasteiger partial charge in [-0.3, -0.25) is 4.79 Å². The molecule has 4 aromatic rings. The Balaban J connectivity index is 1.07. The Morgan fingerprint density at radius 2 is 1.65 bits per heavy atom. The first-order chi connectivity index (χ1) is 18.1. The minimum absolute atomic E-state index is 0.190. The van der Waals surface area contributed by atoms with E-state index in [0.717, 1.165) is 61.2 Å². The second-order valence-electron chi connectivity index (χ2n) is 9.72. The third-order valence-corrected chi connectivity index (χ3v) is 7.54. The highest BCUT2D eigenvalue weighted by atomic mass is 32.1. The van der Waals surface area contributed by atoms with Crippen molar-refractivity contribution in [3.63, 3.8) is 0 Å². The molecule has 1 fully saturated rings. The van der Waals surface area contributed by atoms with E-state index in [1.54, 1.807) is 24.3 Å². The molecule has 0 spiro atoms. The van der Waals surface area contributed by atoms with Gasteiger partial charge in [0, 0.05) is 30.3 Å². The fraction of sp³-hybridized carbons (Fsp3) is 0.267. The molecule has 6 nitrogen and oxygen atoms in total. The number of benzene rings is 3. The van der Waals surface area contributed by atoms with Crippen LogP contribution in [0.4, 0.5) is 5.69 Å². The molecule has 1 atom stereocenters. The Morgan fingerprint density at radius 1 is 0.919 bits per heavy atom. The van der Waals surface area contributed by atoms with Crippen LogP contribution in [0.3, 0.4) is 0 Å². The molecular weight excluding hydrogens is 480 g/mol. The number of likely N-dealkylation sites (tertiary alicyclic amines) is 1. The van der Waals surface area contributed by atoms with Crippen molar-refractivity contribution in [2.24, 2.45) is 0 Å². The van der Waals surface area contributed by atoms with Crippen LogP contribution < -0.4 is 10.1 Å². The number of nitrogens with one attached hydrogen (secondary N) is 1. The molecule has 6 rings (SSSR count). The number of aryl methyl sites for hydroxylation is 2. The monoisotopic (exact) mass is 508 g/mol. The molecule has 186 valence electrons. The van der Waals surface area contributed by atoms with Crippen molar-refractivity contribution in [1.82, 2.24) is 14.9 Å². The molecule has 2 heterocycles. The van der Waals surface area contributed by atoms with E-state index in [1.807, 2.05) is 24.3 Å². The smallest absolute Gasteiger partial charge is 0.264 e. The van der Waals surface area contributed by atoms with Gasteiger partial charge in [0.2, 0.25) is 0 Å². The molecule has 1 aromatic heterocycles. The number of aromatic nitrogens is 2. The van der Waals surface area contributed by atoms with Crippen LogP contribution in [-0.2, 0) is 12.8 Å². The number of nitrogens with zero attached hydrogens (tertiary/aromatic N) is 3. The number of fused-ring (bicyclic) bond motifs is 2. The average Bonchev–Trinajstić information content (AvgIpc) is 3.43. The quantitative estimate of drug-likeness (QED) is 0.346. The van der Waals surface area contributed by atoms with Crippen molar-refractivity contribution in [3.05, 3.63) is 95.3 Å². The predicted octanol–water partition coefficient (Wildman–Crippen LogP) is 5.91. The van der Waals surface area contributed by atoms with E-state index in [0.29, 0.717) is 28.1 Å². The van der Waals surface area contributed by atoms with Crippen LogP contribution in [0.25, 0.3) is 11.0 Å². The normalized spacial score (nSPS) is 16.9. The van der Waals surface area contributed by atoms with Gasteiger partial charge in [-0.15, -0.1) is 0 Å². The maximum atomic E-state index is 12.9. The van der Waals surface area contributed by atoms with Gasteiger partial charge in [0.05, 0.1) is 22.4 Å². The lowest BCUT2D eigenvalue weighted by atomic mass is 9.99. The van der Waals surface area contributed by atoms with Crippen LogP contribution in [0.15, 0.2) is 72.8 Å². The second-order valence-corrected chi connectivity index (χ2v) is 10.1. The van der Waals surface area contributed by atoms with Crippen LogP contribution in [0.1, 0.15) is 52.5 Å². The Morgan fingerprint density at radius 3 is 2.41 bits per heavy atom. The zero-order valence-electron chi connectivity index (χ0n) is 20.5.